The number of rotatable bonds is 10. The lowest BCUT2D eigenvalue weighted by atomic mass is 10.1. The van der Waals surface area contributed by atoms with Crippen molar-refractivity contribution in [2.45, 2.75) is 25.7 Å². The first-order chi connectivity index (χ1) is 15.8. The smallest absolute Gasteiger partial charge is 0.304 e. The highest BCUT2D eigenvalue weighted by atomic mass is 16.5. The van der Waals surface area contributed by atoms with Crippen molar-refractivity contribution in [3.8, 4) is 6.01 Å². The monoisotopic (exact) mass is 437 g/mol. The standard InChI is InChI=1S/C25H31N3O4/c1-30-17-18-32-25-26-22-19-21(27-13-15-31-16-14-27)11-12-23(22)28(25)24(29)10-6-5-9-20-7-3-2-4-8-20/h2-4,7-8,11-12,19H,5-6,9-10,13-18H2,1H3. The van der Waals surface area contributed by atoms with Crippen molar-refractivity contribution in [2.24, 2.45) is 0 Å². The number of fused-ring (bicyclic) bond motifs is 1. The second-order valence-electron chi connectivity index (χ2n) is 7.93. The first kappa shape index (κ1) is 22.3. The fourth-order valence-corrected chi connectivity index (χ4v) is 3.98. The molecule has 1 fully saturated rings. The highest BCUT2D eigenvalue weighted by Crippen LogP contribution is 2.27. The summed E-state index contributed by atoms with van der Waals surface area (Å²) in [6.45, 7) is 3.93. The normalized spacial score (nSPS) is 14.1. The lowest BCUT2D eigenvalue weighted by molar-refractivity contribution is 0.0877. The Hall–Kier alpha value is -2.90. The van der Waals surface area contributed by atoms with Gasteiger partial charge in [0.2, 0.25) is 5.91 Å². The number of hydrogen-bond acceptors (Lipinski definition) is 6. The third kappa shape index (κ3) is 5.47. The minimum atomic E-state index is 0.00658. The first-order valence-corrected chi connectivity index (χ1v) is 11.3. The molecule has 1 saturated heterocycles. The number of nitrogens with zero attached hydrogens (tertiary/aromatic N) is 3. The molecule has 0 amide bonds. The first-order valence-electron chi connectivity index (χ1n) is 11.3. The molecule has 0 atom stereocenters. The average molecular weight is 438 g/mol. The molecule has 0 saturated carbocycles. The second kappa shape index (κ2) is 11.1. The summed E-state index contributed by atoms with van der Waals surface area (Å²) in [5, 5.41) is 0. The Morgan fingerprint density at radius 2 is 1.88 bits per heavy atom. The van der Waals surface area contributed by atoms with E-state index in [0.29, 0.717) is 25.6 Å². The Morgan fingerprint density at radius 3 is 2.66 bits per heavy atom. The molecule has 7 heteroatoms. The van der Waals surface area contributed by atoms with Gasteiger partial charge in [0.25, 0.3) is 0 Å². The lowest BCUT2D eigenvalue weighted by Gasteiger charge is -2.28. The number of anilines is 1. The van der Waals surface area contributed by atoms with Crippen molar-refractivity contribution in [1.82, 2.24) is 9.55 Å². The fraction of sp³-hybridized carbons (Fsp3) is 0.440. The van der Waals surface area contributed by atoms with Crippen LogP contribution in [-0.4, -0.2) is 62.1 Å². The van der Waals surface area contributed by atoms with E-state index in [2.05, 4.69) is 22.0 Å². The average Bonchev–Trinajstić information content (AvgIpc) is 3.20. The molecule has 1 aliphatic heterocycles. The van der Waals surface area contributed by atoms with Crippen LogP contribution in [0.25, 0.3) is 11.0 Å². The molecule has 1 aliphatic rings. The molecule has 4 rings (SSSR count). The van der Waals surface area contributed by atoms with Crippen LogP contribution in [0.2, 0.25) is 0 Å². The minimum Gasteiger partial charge on any atom is -0.462 e. The number of carbonyl (C=O) groups is 1. The Kier molecular flexibility index (Phi) is 7.74. The highest BCUT2D eigenvalue weighted by Gasteiger charge is 2.20. The number of carbonyl (C=O) groups excluding carboxylic acids is 1. The molecule has 32 heavy (non-hydrogen) atoms. The van der Waals surface area contributed by atoms with Crippen LogP contribution in [0.15, 0.2) is 48.5 Å². The van der Waals surface area contributed by atoms with Crippen LogP contribution in [0.1, 0.15) is 29.6 Å². The van der Waals surface area contributed by atoms with Crippen LogP contribution in [0.4, 0.5) is 5.69 Å². The zero-order valence-electron chi connectivity index (χ0n) is 18.7. The molecular formula is C25H31N3O4. The van der Waals surface area contributed by atoms with Crippen LogP contribution in [-0.2, 0) is 15.9 Å². The van der Waals surface area contributed by atoms with Gasteiger partial charge in [0, 0.05) is 32.3 Å². The van der Waals surface area contributed by atoms with Gasteiger partial charge in [-0.2, -0.15) is 4.98 Å². The number of imidazole rings is 1. The predicted molar refractivity (Wildman–Crippen MR) is 125 cm³/mol. The number of aryl methyl sites for hydroxylation is 1. The Balaban J connectivity index is 1.49. The molecule has 0 spiro atoms. The largest absolute Gasteiger partial charge is 0.462 e. The van der Waals surface area contributed by atoms with Crippen LogP contribution in [0.5, 0.6) is 6.01 Å². The molecule has 7 nitrogen and oxygen atoms in total. The number of unbranched alkanes of at least 4 members (excludes halogenated alkanes) is 1. The van der Waals surface area contributed by atoms with E-state index in [1.807, 2.05) is 36.4 Å². The van der Waals surface area contributed by atoms with E-state index in [1.165, 1.54) is 5.56 Å². The van der Waals surface area contributed by atoms with E-state index >= 15 is 0 Å². The number of benzene rings is 2. The summed E-state index contributed by atoms with van der Waals surface area (Å²) in [6.07, 6.45) is 3.20. The van der Waals surface area contributed by atoms with Gasteiger partial charge in [-0.15, -0.1) is 0 Å². The quantitative estimate of drug-likeness (QED) is 0.448. The number of ether oxygens (including phenoxy) is 3. The molecule has 2 heterocycles. The van der Waals surface area contributed by atoms with Gasteiger partial charge in [0.05, 0.1) is 30.9 Å². The van der Waals surface area contributed by atoms with Crippen LogP contribution >= 0.6 is 0 Å². The van der Waals surface area contributed by atoms with Gasteiger partial charge in [-0.1, -0.05) is 30.3 Å². The molecule has 2 aromatic carbocycles. The molecular weight excluding hydrogens is 406 g/mol. The zero-order valence-corrected chi connectivity index (χ0v) is 18.7. The number of morpholine rings is 1. The minimum absolute atomic E-state index is 0.00658. The van der Waals surface area contributed by atoms with Crippen molar-refractivity contribution in [3.63, 3.8) is 0 Å². The summed E-state index contributed by atoms with van der Waals surface area (Å²) in [6, 6.07) is 16.8. The van der Waals surface area contributed by atoms with Gasteiger partial charge >= 0.3 is 6.01 Å². The van der Waals surface area contributed by atoms with E-state index in [-0.39, 0.29) is 5.91 Å². The Morgan fingerprint density at radius 1 is 1.06 bits per heavy atom. The van der Waals surface area contributed by atoms with Gasteiger partial charge in [-0.05, 0) is 43.0 Å². The van der Waals surface area contributed by atoms with Gasteiger partial charge in [-0.25, -0.2) is 4.57 Å². The summed E-state index contributed by atoms with van der Waals surface area (Å²) in [5.74, 6) is 0.00658. The number of aromatic nitrogens is 2. The number of hydrogen-bond donors (Lipinski definition) is 0. The van der Waals surface area contributed by atoms with E-state index in [4.69, 9.17) is 14.2 Å². The molecule has 0 radical (unpaired) electrons. The van der Waals surface area contributed by atoms with Crippen molar-refractivity contribution < 1.29 is 19.0 Å². The molecule has 0 bridgehead atoms. The van der Waals surface area contributed by atoms with Crippen molar-refractivity contribution in [1.29, 1.82) is 0 Å². The van der Waals surface area contributed by atoms with E-state index < -0.39 is 0 Å². The van der Waals surface area contributed by atoms with Crippen molar-refractivity contribution in [3.05, 3.63) is 54.1 Å². The van der Waals surface area contributed by atoms with Gasteiger partial charge in [0.15, 0.2) is 0 Å². The highest BCUT2D eigenvalue weighted by molar-refractivity contribution is 5.93. The number of methoxy groups -OCH3 is 1. The van der Waals surface area contributed by atoms with Crippen molar-refractivity contribution >= 4 is 22.6 Å². The summed E-state index contributed by atoms with van der Waals surface area (Å²) in [4.78, 5) is 20.1. The summed E-state index contributed by atoms with van der Waals surface area (Å²) < 4.78 is 18.0. The zero-order chi connectivity index (χ0) is 22.2. The summed E-state index contributed by atoms with van der Waals surface area (Å²) in [5.41, 5.74) is 3.93. The summed E-state index contributed by atoms with van der Waals surface area (Å²) >= 11 is 0. The molecule has 0 N–H and O–H groups in total. The Labute approximate surface area is 188 Å². The maximum Gasteiger partial charge on any atom is 0.304 e. The lowest BCUT2D eigenvalue weighted by Crippen LogP contribution is -2.36. The van der Waals surface area contributed by atoms with Gasteiger partial charge in [-0.3, -0.25) is 4.79 Å². The molecule has 3 aromatic rings. The van der Waals surface area contributed by atoms with E-state index in [1.54, 1.807) is 11.7 Å². The third-order valence-electron chi connectivity index (χ3n) is 5.70. The molecule has 0 unspecified atom stereocenters. The predicted octanol–water partition coefficient (Wildman–Crippen LogP) is 3.95. The van der Waals surface area contributed by atoms with Crippen LogP contribution in [0.3, 0.4) is 0 Å². The van der Waals surface area contributed by atoms with E-state index in [9.17, 15) is 4.79 Å². The fourth-order valence-electron chi connectivity index (χ4n) is 3.98. The maximum absolute atomic E-state index is 13.2. The van der Waals surface area contributed by atoms with Crippen molar-refractivity contribution in [2.75, 3.05) is 51.5 Å². The summed E-state index contributed by atoms with van der Waals surface area (Å²) in [7, 11) is 1.62. The topological polar surface area (TPSA) is 65.8 Å². The molecule has 170 valence electrons. The maximum atomic E-state index is 13.2. The molecule has 0 aliphatic carbocycles. The van der Waals surface area contributed by atoms with E-state index in [0.717, 1.165) is 62.3 Å². The SMILES string of the molecule is COCCOc1nc2cc(N3CCOCC3)ccc2n1C(=O)CCCCc1ccccc1. The van der Waals surface area contributed by atoms with Crippen LogP contribution in [0, 0.1) is 0 Å². The second-order valence-corrected chi connectivity index (χ2v) is 7.93. The third-order valence-corrected chi connectivity index (χ3v) is 5.70. The van der Waals surface area contributed by atoms with Crippen LogP contribution < -0.4 is 9.64 Å². The molecule has 1 aromatic heterocycles. The van der Waals surface area contributed by atoms with Gasteiger partial charge in [0.1, 0.15) is 6.61 Å². The van der Waals surface area contributed by atoms with Gasteiger partial charge < -0.3 is 19.1 Å². The Bertz CT molecular complexity index is 1010.